The summed E-state index contributed by atoms with van der Waals surface area (Å²) in [4.78, 5) is 17.7. The number of fused-ring (bicyclic) bond motifs is 1. The van der Waals surface area contributed by atoms with Gasteiger partial charge in [0, 0.05) is 27.4 Å². The number of benzene rings is 1. The molecule has 0 saturated carbocycles. The average molecular weight is 339 g/mol. The first-order valence-corrected chi connectivity index (χ1v) is 8.25. The average Bonchev–Trinajstić information content (AvgIpc) is 2.81. The number of anilines is 1. The summed E-state index contributed by atoms with van der Waals surface area (Å²) in [5.41, 5.74) is 7.10. The quantitative estimate of drug-likeness (QED) is 0.587. The minimum absolute atomic E-state index is 0.156. The molecule has 2 heterocycles. The zero-order valence-corrected chi connectivity index (χ0v) is 13.4. The van der Waals surface area contributed by atoms with Crippen LogP contribution in [0.2, 0.25) is 5.02 Å². The third-order valence-electron chi connectivity index (χ3n) is 2.74. The van der Waals surface area contributed by atoms with Crippen molar-refractivity contribution in [2.24, 2.45) is 0 Å². The van der Waals surface area contributed by atoms with Crippen molar-refractivity contribution >= 4 is 45.3 Å². The van der Waals surface area contributed by atoms with Crippen molar-refractivity contribution in [1.29, 1.82) is 0 Å². The Bertz CT molecular complexity index is 874. The number of nitrogen functional groups attached to an aromatic ring is 1. The first kappa shape index (κ1) is 14.4. The van der Waals surface area contributed by atoms with Crippen LogP contribution in [-0.4, -0.2) is 14.6 Å². The van der Waals surface area contributed by atoms with Crippen molar-refractivity contribution in [3.8, 4) is 0 Å². The minimum atomic E-state index is -0.156. The van der Waals surface area contributed by atoms with E-state index in [2.05, 4.69) is 10.1 Å². The summed E-state index contributed by atoms with van der Waals surface area (Å²) >= 11 is 8.84. The highest BCUT2D eigenvalue weighted by Crippen LogP contribution is 2.30. The Morgan fingerprint density at radius 1 is 1.43 bits per heavy atom. The van der Waals surface area contributed by atoms with Gasteiger partial charge in [0.1, 0.15) is 5.01 Å². The molecular weight excluding hydrogens is 328 g/mol. The van der Waals surface area contributed by atoms with Crippen LogP contribution in [0.3, 0.4) is 0 Å². The fraction of sp³-hybridized carbons (Fsp3) is 0.154. The molecule has 3 rings (SSSR count). The zero-order chi connectivity index (χ0) is 15.0. The van der Waals surface area contributed by atoms with Gasteiger partial charge in [-0.3, -0.25) is 4.79 Å². The normalized spacial score (nSPS) is 11.1. The van der Waals surface area contributed by atoms with Gasteiger partial charge in [-0.05, 0) is 25.1 Å². The van der Waals surface area contributed by atoms with E-state index in [0.29, 0.717) is 27.1 Å². The number of halogens is 1. The fourth-order valence-corrected chi connectivity index (χ4v) is 3.87. The molecule has 0 atom stereocenters. The lowest BCUT2D eigenvalue weighted by molar-refractivity contribution is 0.870. The number of nitrogens with zero attached hydrogens (tertiary/aromatic N) is 3. The van der Waals surface area contributed by atoms with E-state index in [4.69, 9.17) is 17.3 Å². The summed E-state index contributed by atoms with van der Waals surface area (Å²) in [5.74, 6) is 0.623. The molecule has 108 valence electrons. The second kappa shape index (κ2) is 5.67. The Balaban J connectivity index is 1.85. The van der Waals surface area contributed by atoms with Gasteiger partial charge in [0.05, 0.1) is 5.75 Å². The third kappa shape index (κ3) is 3.04. The minimum Gasteiger partial charge on any atom is -0.398 e. The molecule has 0 aliphatic rings. The van der Waals surface area contributed by atoms with Crippen molar-refractivity contribution in [1.82, 2.24) is 14.6 Å². The lowest BCUT2D eigenvalue weighted by Gasteiger charge is -2.03. The Morgan fingerprint density at radius 3 is 3.00 bits per heavy atom. The molecule has 0 aliphatic heterocycles. The summed E-state index contributed by atoms with van der Waals surface area (Å²) in [5, 5.41) is 5.73. The maximum absolute atomic E-state index is 11.8. The van der Waals surface area contributed by atoms with E-state index >= 15 is 0 Å². The first-order chi connectivity index (χ1) is 10.0. The standard InChI is InChI=1S/C13H11ClN4OS2/c1-7-4-12(19)18-13(16-7)21-11(17-18)6-20-10-3-2-8(14)5-9(10)15/h2-5H,6,15H2,1H3. The van der Waals surface area contributed by atoms with Crippen molar-refractivity contribution in [3.05, 3.63) is 50.3 Å². The number of hydrogen-bond acceptors (Lipinski definition) is 6. The molecule has 3 aromatic rings. The summed E-state index contributed by atoms with van der Waals surface area (Å²) in [6.45, 7) is 1.80. The number of rotatable bonds is 3. The predicted octanol–water partition coefficient (Wildman–Crippen LogP) is 2.99. The van der Waals surface area contributed by atoms with Crippen LogP contribution in [0.15, 0.2) is 34.0 Å². The number of thioether (sulfide) groups is 1. The molecule has 8 heteroatoms. The van der Waals surface area contributed by atoms with Crippen LogP contribution in [0.1, 0.15) is 10.7 Å². The van der Waals surface area contributed by atoms with Crippen molar-refractivity contribution in [2.75, 3.05) is 5.73 Å². The highest BCUT2D eigenvalue weighted by atomic mass is 35.5. The molecular formula is C13H11ClN4OS2. The van der Waals surface area contributed by atoms with Crippen LogP contribution >= 0.6 is 34.7 Å². The molecule has 0 fully saturated rings. The molecule has 0 aliphatic carbocycles. The second-order valence-corrected chi connectivity index (χ2v) is 6.89. The molecule has 5 nitrogen and oxygen atoms in total. The van der Waals surface area contributed by atoms with Gasteiger partial charge in [0.15, 0.2) is 0 Å². The molecule has 0 radical (unpaired) electrons. The molecule has 0 amide bonds. The number of aryl methyl sites for hydroxylation is 1. The summed E-state index contributed by atoms with van der Waals surface area (Å²) in [6.07, 6.45) is 0. The molecule has 0 saturated heterocycles. The maximum atomic E-state index is 11.8. The molecule has 0 unspecified atom stereocenters. The zero-order valence-electron chi connectivity index (χ0n) is 11.0. The van der Waals surface area contributed by atoms with Gasteiger partial charge in [0.2, 0.25) is 4.96 Å². The van der Waals surface area contributed by atoms with Crippen LogP contribution in [0.4, 0.5) is 5.69 Å². The lowest BCUT2D eigenvalue weighted by atomic mass is 10.3. The smallest absolute Gasteiger partial charge is 0.275 e. The Hall–Kier alpha value is -1.57. The van der Waals surface area contributed by atoms with Crippen molar-refractivity contribution < 1.29 is 0 Å². The van der Waals surface area contributed by atoms with Gasteiger partial charge in [-0.15, -0.1) is 11.8 Å². The number of aromatic nitrogens is 3. The molecule has 2 aromatic heterocycles. The Morgan fingerprint density at radius 2 is 2.24 bits per heavy atom. The summed E-state index contributed by atoms with van der Waals surface area (Å²) < 4.78 is 1.33. The highest BCUT2D eigenvalue weighted by Gasteiger charge is 2.09. The van der Waals surface area contributed by atoms with Gasteiger partial charge in [-0.25, -0.2) is 4.98 Å². The summed E-state index contributed by atoms with van der Waals surface area (Å²) in [7, 11) is 0. The molecule has 1 aromatic carbocycles. The summed E-state index contributed by atoms with van der Waals surface area (Å²) in [6, 6.07) is 6.87. The molecule has 21 heavy (non-hydrogen) atoms. The van der Waals surface area contributed by atoms with E-state index in [0.717, 1.165) is 9.90 Å². The maximum Gasteiger partial charge on any atom is 0.275 e. The molecule has 0 spiro atoms. The fourth-order valence-electron chi connectivity index (χ4n) is 1.81. The van der Waals surface area contributed by atoms with Gasteiger partial charge in [-0.1, -0.05) is 22.9 Å². The van der Waals surface area contributed by atoms with Crippen LogP contribution in [0, 0.1) is 6.92 Å². The van der Waals surface area contributed by atoms with Crippen LogP contribution in [0.25, 0.3) is 4.96 Å². The first-order valence-electron chi connectivity index (χ1n) is 6.07. The highest BCUT2D eigenvalue weighted by molar-refractivity contribution is 7.98. The largest absolute Gasteiger partial charge is 0.398 e. The van der Waals surface area contributed by atoms with Crippen molar-refractivity contribution in [2.45, 2.75) is 17.6 Å². The monoisotopic (exact) mass is 338 g/mol. The van der Waals surface area contributed by atoms with Gasteiger partial charge in [-0.2, -0.15) is 9.61 Å². The molecule has 2 N–H and O–H groups in total. The predicted molar refractivity (Wildman–Crippen MR) is 87.3 cm³/mol. The topological polar surface area (TPSA) is 73.3 Å². The molecule has 0 bridgehead atoms. The lowest BCUT2D eigenvalue weighted by Crippen LogP contribution is -2.14. The van der Waals surface area contributed by atoms with E-state index < -0.39 is 0 Å². The van der Waals surface area contributed by atoms with E-state index in [9.17, 15) is 4.79 Å². The Labute approximate surface area is 133 Å². The van der Waals surface area contributed by atoms with Crippen molar-refractivity contribution in [3.63, 3.8) is 0 Å². The van der Waals surface area contributed by atoms with Gasteiger partial charge >= 0.3 is 0 Å². The van der Waals surface area contributed by atoms with E-state index in [1.54, 1.807) is 30.8 Å². The van der Waals surface area contributed by atoms with Gasteiger partial charge in [0.25, 0.3) is 5.56 Å². The van der Waals surface area contributed by atoms with E-state index in [1.165, 1.54) is 21.9 Å². The van der Waals surface area contributed by atoms with E-state index in [-0.39, 0.29) is 5.56 Å². The van der Waals surface area contributed by atoms with E-state index in [1.807, 2.05) is 6.07 Å². The van der Waals surface area contributed by atoms with Gasteiger partial charge < -0.3 is 5.73 Å². The Kier molecular flexibility index (Phi) is 3.88. The third-order valence-corrected chi connectivity index (χ3v) is 5.16. The van der Waals surface area contributed by atoms with Crippen LogP contribution in [-0.2, 0) is 5.75 Å². The van der Waals surface area contributed by atoms with Crippen LogP contribution in [0.5, 0.6) is 0 Å². The van der Waals surface area contributed by atoms with Crippen LogP contribution < -0.4 is 11.3 Å². The number of nitrogens with two attached hydrogens (primary N) is 1. The second-order valence-electron chi connectivity index (χ2n) is 4.40. The SMILES string of the molecule is Cc1cc(=O)n2nc(CSc3ccc(Cl)cc3N)sc2n1. The number of hydrogen-bond donors (Lipinski definition) is 1.